The third-order valence-corrected chi connectivity index (χ3v) is 4.90. The molecule has 0 aromatic heterocycles. The largest absolute Gasteiger partial charge is 0.369 e. The van der Waals surface area contributed by atoms with Crippen LogP contribution in [0.1, 0.15) is 26.3 Å². The van der Waals surface area contributed by atoms with Gasteiger partial charge in [-0.05, 0) is 35.2 Å². The van der Waals surface area contributed by atoms with Crippen LogP contribution in [0.25, 0.3) is 0 Å². The number of para-hydroxylation sites is 1. The van der Waals surface area contributed by atoms with E-state index >= 15 is 0 Å². The van der Waals surface area contributed by atoms with Crippen molar-refractivity contribution in [2.75, 3.05) is 42.9 Å². The van der Waals surface area contributed by atoms with Crippen molar-refractivity contribution < 1.29 is 4.79 Å². The molecule has 1 amide bonds. The van der Waals surface area contributed by atoms with Gasteiger partial charge in [0.05, 0.1) is 6.54 Å². The van der Waals surface area contributed by atoms with Crippen molar-refractivity contribution in [1.82, 2.24) is 4.90 Å². The molecule has 0 atom stereocenters. The number of piperazine rings is 1. The van der Waals surface area contributed by atoms with Crippen LogP contribution in [0, 0.1) is 0 Å². The topological polar surface area (TPSA) is 35.6 Å². The standard InChI is InChI=1S/C22H29N3O/c1-22(2,3)18-9-11-19(12-10-18)23-21(26)17-24-13-15-25(16-14-24)20-7-5-4-6-8-20/h4-12H,13-17H2,1-3H3,(H,23,26). The number of rotatable bonds is 4. The Balaban J connectivity index is 1.47. The molecule has 0 radical (unpaired) electrons. The van der Waals surface area contributed by atoms with E-state index in [4.69, 9.17) is 0 Å². The molecule has 138 valence electrons. The molecular weight excluding hydrogens is 322 g/mol. The minimum absolute atomic E-state index is 0.0571. The number of anilines is 2. The zero-order valence-corrected chi connectivity index (χ0v) is 16.0. The highest BCUT2D eigenvalue weighted by atomic mass is 16.2. The van der Waals surface area contributed by atoms with Gasteiger partial charge in [0.15, 0.2) is 0 Å². The van der Waals surface area contributed by atoms with Gasteiger partial charge in [0.1, 0.15) is 0 Å². The number of amides is 1. The first-order valence-electron chi connectivity index (χ1n) is 9.34. The first-order chi connectivity index (χ1) is 12.4. The van der Waals surface area contributed by atoms with E-state index in [1.54, 1.807) is 0 Å². The van der Waals surface area contributed by atoms with E-state index in [0.29, 0.717) is 6.54 Å². The number of carbonyl (C=O) groups excluding carboxylic acids is 1. The summed E-state index contributed by atoms with van der Waals surface area (Å²) < 4.78 is 0. The Labute approximate surface area is 156 Å². The zero-order chi connectivity index (χ0) is 18.6. The second-order valence-corrected chi connectivity index (χ2v) is 7.97. The van der Waals surface area contributed by atoms with Crippen LogP contribution in [0.5, 0.6) is 0 Å². The lowest BCUT2D eigenvalue weighted by molar-refractivity contribution is -0.117. The van der Waals surface area contributed by atoms with E-state index in [2.05, 4.69) is 72.3 Å². The maximum absolute atomic E-state index is 12.3. The SMILES string of the molecule is CC(C)(C)c1ccc(NC(=O)CN2CCN(c3ccccc3)CC2)cc1. The predicted molar refractivity (Wildman–Crippen MR) is 109 cm³/mol. The maximum Gasteiger partial charge on any atom is 0.238 e. The molecule has 0 spiro atoms. The molecule has 0 saturated carbocycles. The molecule has 1 saturated heterocycles. The van der Waals surface area contributed by atoms with E-state index in [1.165, 1.54) is 11.3 Å². The first-order valence-corrected chi connectivity index (χ1v) is 9.34. The van der Waals surface area contributed by atoms with E-state index in [0.717, 1.165) is 31.9 Å². The number of hydrogen-bond donors (Lipinski definition) is 1. The minimum Gasteiger partial charge on any atom is -0.369 e. The van der Waals surface area contributed by atoms with Crippen LogP contribution in [0.4, 0.5) is 11.4 Å². The smallest absolute Gasteiger partial charge is 0.238 e. The molecule has 1 fully saturated rings. The summed E-state index contributed by atoms with van der Waals surface area (Å²) in [6.07, 6.45) is 0. The van der Waals surface area contributed by atoms with Crippen molar-refractivity contribution in [3.8, 4) is 0 Å². The first kappa shape index (κ1) is 18.5. The fraction of sp³-hybridized carbons (Fsp3) is 0.409. The van der Waals surface area contributed by atoms with Crippen molar-refractivity contribution in [3.05, 3.63) is 60.2 Å². The average Bonchev–Trinajstić information content (AvgIpc) is 2.63. The summed E-state index contributed by atoms with van der Waals surface area (Å²) in [5, 5.41) is 3.02. The van der Waals surface area contributed by atoms with Crippen molar-refractivity contribution in [1.29, 1.82) is 0 Å². The zero-order valence-electron chi connectivity index (χ0n) is 16.0. The summed E-state index contributed by atoms with van der Waals surface area (Å²) in [7, 11) is 0. The number of carbonyl (C=O) groups is 1. The molecule has 0 aliphatic carbocycles. The molecule has 1 aliphatic heterocycles. The van der Waals surface area contributed by atoms with Crippen molar-refractivity contribution in [2.24, 2.45) is 0 Å². The van der Waals surface area contributed by atoms with Crippen LogP contribution in [-0.4, -0.2) is 43.5 Å². The quantitative estimate of drug-likeness (QED) is 0.911. The highest BCUT2D eigenvalue weighted by Crippen LogP contribution is 2.23. The van der Waals surface area contributed by atoms with Crippen molar-refractivity contribution in [3.63, 3.8) is 0 Å². The van der Waals surface area contributed by atoms with Gasteiger partial charge in [0, 0.05) is 37.6 Å². The third kappa shape index (κ3) is 4.85. The molecule has 4 heteroatoms. The summed E-state index contributed by atoms with van der Waals surface area (Å²) >= 11 is 0. The molecule has 4 nitrogen and oxygen atoms in total. The highest BCUT2D eigenvalue weighted by Gasteiger charge is 2.19. The fourth-order valence-corrected chi connectivity index (χ4v) is 3.26. The van der Waals surface area contributed by atoms with Gasteiger partial charge in [-0.1, -0.05) is 51.1 Å². The fourth-order valence-electron chi connectivity index (χ4n) is 3.26. The lowest BCUT2D eigenvalue weighted by atomic mass is 9.87. The molecule has 0 bridgehead atoms. The summed E-state index contributed by atoms with van der Waals surface area (Å²) in [5.41, 5.74) is 3.52. The molecule has 3 rings (SSSR count). The second-order valence-electron chi connectivity index (χ2n) is 7.97. The van der Waals surface area contributed by atoms with E-state index in [9.17, 15) is 4.79 Å². The van der Waals surface area contributed by atoms with Crippen LogP contribution in [0.3, 0.4) is 0 Å². The van der Waals surface area contributed by atoms with Crippen LogP contribution in [-0.2, 0) is 10.2 Å². The minimum atomic E-state index is 0.0571. The van der Waals surface area contributed by atoms with Gasteiger partial charge in [0.2, 0.25) is 5.91 Å². The van der Waals surface area contributed by atoms with Gasteiger partial charge in [0.25, 0.3) is 0 Å². The van der Waals surface area contributed by atoms with Gasteiger partial charge >= 0.3 is 0 Å². The Hall–Kier alpha value is -2.33. The van der Waals surface area contributed by atoms with Gasteiger partial charge in [-0.15, -0.1) is 0 Å². The van der Waals surface area contributed by atoms with Crippen molar-refractivity contribution >= 4 is 17.3 Å². The summed E-state index contributed by atoms with van der Waals surface area (Å²) in [4.78, 5) is 16.9. The molecular formula is C22H29N3O. The van der Waals surface area contributed by atoms with Gasteiger partial charge in [-0.25, -0.2) is 0 Å². The molecule has 2 aromatic carbocycles. The lowest BCUT2D eigenvalue weighted by Crippen LogP contribution is -2.48. The molecule has 1 N–H and O–H groups in total. The molecule has 26 heavy (non-hydrogen) atoms. The second kappa shape index (κ2) is 7.92. The Morgan fingerprint density at radius 3 is 2.12 bits per heavy atom. The van der Waals surface area contributed by atoms with Crippen LogP contribution in [0.2, 0.25) is 0 Å². The van der Waals surface area contributed by atoms with Crippen LogP contribution in [0.15, 0.2) is 54.6 Å². The van der Waals surface area contributed by atoms with Gasteiger partial charge in [-0.3, -0.25) is 9.69 Å². The average molecular weight is 351 g/mol. The van der Waals surface area contributed by atoms with E-state index in [1.807, 2.05) is 18.2 Å². The Bertz CT molecular complexity index is 711. The van der Waals surface area contributed by atoms with Crippen LogP contribution >= 0.6 is 0 Å². The molecule has 2 aromatic rings. The summed E-state index contributed by atoms with van der Waals surface area (Å²) in [6.45, 7) is 10.7. The number of nitrogens with zero attached hydrogens (tertiary/aromatic N) is 2. The lowest BCUT2D eigenvalue weighted by Gasteiger charge is -2.35. The summed E-state index contributed by atoms with van der Waals surface area (Å²) in [6, 6.07) is 18.6. The monoisotopic (exact) mass is 351 g/mol. The van der Waals surface area contributed by atoms with E-state index in [-0.39, 0.29) is 11.3 Å². The predicted octanol–water partition coefficient (Wildman–Crippen LogP) is 3.74. The maximum atomic E-state index is 12.3. The third-order valence-electron chi connectivity index (χ3n) is 4.90. The van der Waals surface area contributed by atoms with Crippen LogP contribution < -0.4 is 10.2 Å². The van der Waals surface area contributed by atoms with E-state index < -0.39 is 0 Å². The molecule has 0 unspecified atom stereocenters. The molecule has 1 heterocycles. The van der Waals surface area contributed by atoms with Crippen molar-refractivity contribution in [2.45, 2.75) is 26.2 Å². The molecule has 1 aliphatic rings. The normalized spacial score (nSPS) is 15.7. The van der Waals surface area contributed by atoms with Gasteiger partial charge in [-0.2, -0.15) is 0 Å². The number of nitrogens with one attached hydrogen (secondary N) is 1. The Kier molecular flexibility index (Phi) is 5.62. The summed E-state index contributed by atoms with van der Waals surface area (Å²) in [5.74, 6) is 0.0571. The Morgan fingerprint density at radius 2 is 1.54 bits per heavy atom. The number of hydrogen-bond acceptors (Lipinski definition) is 3. The number of benzene rings is 2. The Morgan fingerprint density at radius 1 is 0.923 bits per heavy atom. The van der Waals surface area contributed by atoms with Gasteiger partial charge < -0.3 is 10.2 Å². The highest BCUT2D eigenvalue weighted by molar-refractivity contribution is 5.92.